The molecule has 2 atom stereocenters. The van der Waals surface area contributed by atoms with Crippen molar-refractivity contribution in [1.29, 1.82) is 0 Å². The van der Waals surface area contributed by atoms with Crippen molar-refractivity contribution < 1.29 is 4.79 Å². The topological polar surface area (TPSA) is 91.8 Å². The van der Waals surface area contributed by atoms with Gasteiger partial charge in [0.15, 0.2) is 0 Å². The normalized spacial score (nSPS) is 22.2. The first-order valence-corrected chi connectivity index (χ1v) is 8.23. The maximum absolute atomic E-state index is 12.9. The summed E-state index contributed by atoms with van der Waals surface area (Å²) < 4.78 is 0. The van der Waals surface area contributed by atoms with E-state index in [1.807, 2.05) is 11.8 Å². The molecule has 2 aromatic heterocycles. The Kier molecular flexibility index (Phi) is 3.44. The van der Waals surface area contributed by atoms with Gasteiger partial charge in [0.25, 0.3) is 11.5 Å². The minimum absolute atomic E-state index is 0.0254. The highest BCUT2D eigenvalue weighted by atomic mass is 16.2. The number of H-pyrrole nitrogens is 1. The molecule has 2 aliphatic rings. The first-order valence-electron chi connectivity index (χ1n) is 8.23. The number of hydrogen-bond acceptors (Lipinski definition) is 5. The molecular formula is C17H19N5O2. The number of aryl methyl sites for hydroxylation is 2. The fourth-order valence-electron chi connectivity index (χ4n) is 3.84. The Morgan fingerprint density at radius 2 is 1.92 bits per heavy atom. The van der Waals surface area contributed by atoms with Crippen LogP contribution in [-0.4, -0.2) is 42.8 Å². The molecule has 1 amide bonds. The third-order valence-corrected chi connectivity index (χ3v) is 4.94. The highest BCUT2D eigenvalue weighted by Gasteiger charge is 2.41. The van der Waals surface area contributed by atoms with Crippen LogP contribution >= 0.6 is 0 Å². The summed E-state index contributed by atoms with van der Waals surface area (Å²) in [6.07, 6.45) is 6.16. The van der Waals surface area contributed by atoms with Crippen LogP contribution in [0.1, 0.15) is 46.1 Å². The lowest BCUT2D eigenvalue weighted by molar-refractivity contribution is 0.0666. The second-order valence-corrected chi connectivity index (χ2v) is 6.63. The third kappa shape index (κ3) is 2.40. The molecule has 0 aromatic carbocycles. The summed E-state index contributed by atoms with van der Waals surface area (Å²) in [6, 6.07) is 0.0954. The van der Waals surface area contributed by atoms with Crippen LogP contribution in [0.25, 0.3) is 0 Å². The summed E-state index contributed by atoms with van der Waals surface area (Å²) in [7, 11) is 0. The molecule has 1 N–H and O–H groups in total. The minimum atomic E-state index is -0.101. The fourth-order valence-corrected chi connectivity index (χ4v) is 3.84. The van der Waals surface area contributed by atoms with Crippen LogP contribution in [0.5, 0.6) is 0 Å². The van der Waals surface area contributed by atoms with Gasteiger partial charge < -0.3 is 9.88 Å². The summed E-state index contributed by atoms with van der Waals surface area (Å²) in [5, 5.41) is 0. The molecular weight excluding hydrogens is 306 g/mol. The van der Waals surface area contributed by atoms with E-state index in [0.717, 1.165) is 29.8 Å². The van der Waals surface area contributed by atoms with Gasteiger partial charge in [0.2, 0.25) is 0 Å². The standard InChI is InChI=1S/C17H19N5O2/c1-9-7-19-15(8-18-9)17(24)22-11-3-4-12(22)6-14-13(5-11)16(23)21-10(2)20-14/h7-8,11-12H,3-6H2,1-2H3,(H,20,21,23). The number of amides is 1. The van der Waals surface area contributed by atoms with E-state index in [4.69, 9.17) is 0 Å². The van der Waals surface area contributed by atoms with Crippen molar-refractivity contribution in [1.82, 2.24) is 24.8 Å². The van der Waals surface area contributed by atoms with Crippen LogP contribution in [-0.2, 0) is 12.8 Å². The second-order valence-electron chi connectivity index (χ2n) is 6.63. The van der Waals surface area contributed by atoms with Gasteiger partial charge in [0.1, 0.15) is 11.5 Å². The molecule has 24 heavy (non-hydrogen) atoms. The zero-order valence-corrected chi connectivity index (χ0v) is 13.7. The highest BCUT2D eigenvalue weighted by Crippen LogP contribution is 2.33. The molecule has 4 heterocycles. The first-order chi connectivity index (χ1) is 11.5. The molecule has 2 bridgehead atoms. The van der Waals surface area contributed by atoms with E-state index in [2.05, 4.69) is 19.9 Å². The zero-order chi connectivity index (χ0) is 16.8. The average Bonchev–Trinajstić information content (AvgIpc) is 2.83. The van der Waals surface area contributed by atoms with Gasteiger partial charge in [-0.1, -0.05) is 0 Å². The molecule has 7 heteroatoms. The summed E-state index contributed by atoms with van der Waals surface area (Å²) >= 11 is 0. The van der Waals surface area contributed by atoms with E-state index in [0.29, 0.717) is 24.4 Å². The molecule has 0 radical (unpaired) electrons. The fraction of sp³-hybridized carbons (Fsp3) is 0.471. The van der Waals surface area contributed by atoms with Gasteiger partial charge in [-0.15, -0.1) is 0 Å². The van der Waals surface area contributed by atoms with Crippen LogP contribution in [0.15, 0.2) is 17.2 Å². The average molecular weight is 325 g/mol. The van der Waals surface area contributed by atoms with Gasteiger partial charge in [-0.05, 0) is 26.7 Å². The molecule has 0 aliphatic carbocycles. The van der Waals surface area contributed by atoms with Crippen molar-refractivity contribution >= 4 is 5.91 Å². The maximum Gasteiger partial charge on any atom is 0.274 e. The van der Waals surface area contributed by atoms with E-state index < -0.39 is 0 Å². The Morgan fingerprint density at radius 1 is 1.17 bits per heavy atom. The number of aromatic amines is 1. The van der Waals surface area contributed by atoms with Gasteiger partial charge in [-0.25, -0.2) is 9.97 Å². The zero-order valence-electron chi connectivity index (χ0n) is 13.7. The number of nitrogens with one attached hydrogen (secondary N) is 1. The predicted molar refractivity (Wildman–Crippen MR) is 86.8 cm³/mol. The van der Waals surface area contributed by atoms with Gasteiger partial charge in [-0.3, -0.25) is 14.6 Å². The summed E-state index contributed by atoms with van der Waals surface area (Å²) in [4.78, 5) is 42.8. The quantitative estimate of drug-likeness (QED) is 0.843. The van der Waals surface area contributed by atoms with Crippen molar-refractivity contribution in [3.05, 3.63) is 51.2 Å². The van der Waals surface area contributed by atoms with E-state index in [9.17, 15) is 9.59 Å². The van der Waals surface area contributed by atoms with Crippen LogP contribution in [0.4, 0.5) is 0 Å². The molecule has 1 saturated heterocycles. The lowest BCUT2D eigenvalue weighted by Gasteiger charge is -2.27. The van der Waals surface area contributed by atoms with E-state index in [-0.39, 0.29) is 23.6 Å². The lowest BCUT2D eigenvalue weighted by Crippen LogP contribution is -2.42. The van der Waals surface area contributed by atoms with Crippen molar-refractivity contribution in [2.24, 2.45) is 0 Å². The van der Waals surface area contributed by atoms with Crippen LogP contribution in [0, 0.1) is 13.8 Å². The highest BCUT2D eigenvalue weighted by molar-refractivity contribution is 5.92. The molecule has 0 saturated carbocycles. The molecule has 2 unspecified atom stereocenters. The van der Waals surface area contributed by atoms with Gasteiger partial charge in [0, 0.05) is 36.7 Å². The molecule has 2 aromatic rings. The molecule has 124 valence electrons. The van der Waals surface area contributed by atoms with Crippen LogP contribution < -0.4 is 5.56 Å². The molecule has 7 nitrogen and oxygen atoms in total. The number of aromatic nitrogens is 4. The predicted octanol–water partition coefficient (Wildman–Crippen LogP) is 0.949. The first kappa shape index (κ1) is 15.0. The van der Waals surface area contributed by atoms with Crippen LogP contribution in [0.3, 0.4) is 0 Å². The number of carbonyl (C=O) groups is 1. The molecule has 0 spiro atoms. The summed E-state index contributed by atoms with van der Waals surface area (Å²) in [6.45, 7) is 3.63. The van der Waals surface area contributed by atoms with Gasteiger partial charge in [-0.2, -0.15) is 0 Å². The van der Waals surface area contributed by atoms with Gasteiger partial charge in [0.05, 0.1) is 17.6 Å². The third-order valence-electron chi connectivity index (χ3n) is 4.94. The lowest BCUT2D eigenvalue weighted by atomic mass is 9.98. The Labute approximate surface area is 139 Å². The second kappa shape index (κ2) is 5.51. The number of rotatable bonds is 1. The Bertz CT molecular complexity index is 858. The van der Waals surface area contributed by atoms with Crippen molar-refractivity contribution in [3.63, 3.8) is 0 Å². The molecule has 4 rings (SSSR count). The number of nitrogens with zero attached hydrogens (tertiary/aromatic N) is 4. The number of hydrogen-bond donors (Lipinski definition) is 1. The van der Waals surface area contributed by atoms with Crippen LogP contribution in [0.2, 0.25) is 0 Å². The monoisotopic (exact) mass is 325 g/mol. The van der Waals surface area contributed by atoms with Crippen molar-refractivity contribution in [2.75, 3.05) is 0 Å². The van der Waals surface area contributed by atoms with Crippen molar-refractivity contribution in [2.45, 2.75) is 51.6 Å². The SMILES string of the molecule is Cc1cnc(C(=O)N2C3CCC2Cc2c(nc(C)[nH]c2=O)C3)cn1. The smallest absolute Gasteiger partial charge is 0.274 e. The van der Waals surface area contributed by atoms with E-state index in [1.165, 1.54) is 6.20 Å². The summed E-state index contributed by atoms with van der Waals surface area (Å²) in [5.41, 5.74) is 2.62. The minimum Gasteiger partial charge on any atom is -0.331 e. The molecule has 2 aliphatic heterocycles. The maximum atomic E-state index is 12.9. The van der Waals surface area contributed by atoms with E-state index >= 15 is 0 Å². The van der Waals surface area contributed by atoms with E-state index in [1.54, 1.807) is 13.1 Å². The van der Waals surface area contributed by atoms with Gasteiger partial charge >= 0.3 is 0 Å². The Hall–Kier alpha value is -2.57. The molecule has 1 fully saturated rings. The summed E-state index contributed by atoms with van der Waals surface area (Å²) in [5.74, 6) is 0.523. The number of carbonyl (C=O) groups excluding carboxylic acids is 1. The van der Waals surface area contributed by atoms with Crippen molar-refractivity contribution in [3.8, 4) is 0 Å². The number of fused-ring (bicyclic) bond motifs is 3. The Balaban J connectivity index is 1.70. The largest absolute Gasteiger partial charge is 0.331 e. The Morgan fingerprint density at radius 3 is 2.62 bits per heavy atom.